The van der Waals surface area contributed by atoms with Crippen LogP contribution >= 0.6 is 15.9 Å². The summed E-state index contributed by atoms with van der Waals surface area (Å²) in [4.78, 5) is 2.34. The van der Waals surface area contributed by atoms with Crippen LogP contribution in [0.5, 0.6) is 0 Å². The fourth-order valence-electron chi connectivity index (χ4n) is 2.48. The SMILES string of the molecule is Cc1ccc(-n2nc(N3CCNCC3)cc2C)cc1Br. The predicted octanol–water partition coefficient (Wildman–Crippen LogP) is 2.66. The number of rotatable bonds is 2. The van der Waals surface area contributed by atoms with E-state index >= 15 is 0 Å². The van der Waals surface area contributed by atoms with Crippen LogP contribution in [0.15, 0.2) is 28.7 Å². The molecule has 0 atom stereocenters. The maximum atomic E-state index is 4.77. The van der Waals surface area contributed by atoms with Gasteiger partial charge in [0.05, 0.1) is 5.69 Å². The molecular formula is C15H19BrN4. The van der Waals surface area contributed by atoms with E-state index in [0.29, 0.717) is 0 Å². The second-order valence-corrected chi connectivity index (χ2v) is 6.08. The van der Waals surface area contributed by atoms with Crippen molar-refractivity contribution in [2.75, 3.05) is 31.1 Å². The van der Waals surface area contributed by atoms with Crippen molar-refractivity contribution in [3.05, 3.63) is 40.0 Å². The number of halogens is 1. The molecule has 0 saturated carbocycles. The zero-order chi connectivity index (χ0) is 14.1. The van der Waals surface area contributed by atoms with Crippen molar-refractivity contribution in [3.8, 4) is 5.69 Å². The number of aryl methyl sites for hydroxylation is 2. The lowest BCUT2D eigenvalue weighted by molar-refractivity contribution is 0.583. The maximum Gasteiger partial charge on any atom is 0.151 e. The smallest absolute Gasteiger partial charge is 0.151 e. The molecule has 0 unspecified atom stereocenters. The third kappa shape index (κ3) is 2.60. The van der Waals surface area contributed by atoms with Gasteiger partial charge >= 0.3 is 0 Å². The minimum absolute atomic E-state index is 1.02. The number of piperazine rings is 1. The van der Waals surface area contributed by atoms with Gasteiger partial charge in [0, 0.05) is 42.4 Å². The summed E-state index contributed by atoms with van der Waals surface area (Å²) in [7, 11) is 0. The Morgan fingerprint density at radius 1 is 1.15 bits per heavy atom. The van der Waals surface area contributed by atoms with E-state index in [1.807, 2.05) is 4.68 Å². The Kier molecular flexibility index (Phi) is 3.81. The summed E-state index contributed by atoms with van der Waals surface area (Å²) in [5.74, 6) is 1.07. The fraction of sp³-hybridized carbons (Fsp3) is 0.400. The van der Waals surface area contributed by atoms with Gasteiger partial charge in [-0.15, -0.1) is 0 Å². The summed E-state index contributed by atoms with van der Waals surface area (Å²) in [6, 6.07) is 8.52. The molecule has 0 aliphatic carbocycles. The Morgan fingerprint density at radius 2 is 1.90 bits per heavy atom. The first kappa shape index (κ1) is 13.6. The van der Waals surface area contributed by atoms with Gasteiger partial charge in [0.1, 0.15) is 0 Å². The average Bonchev–Trinajstić information content (AvgIpc) is 2.85. The Balaban J connectivity index is 1.93. The summed E-state index contributed by atoms with van der Waals surface area (Å²) >= 11 is 3.59. The third-order valence-electron chi connectivity index (χ3n) is 3.72. The number of benzene rings is 1. The van der Waals surface area contributed by atoms with Crippen molar-refractivity contribution in [2.24, 2.45) is 0 Å². The van der Waals surface area contributed by atoms with E-state index in [1.165, 1.54) is 5.56 Å². The van der Waals surface area contributed by atoms with Crippen molar-refractivity contribution in [3.63, 3.8) is 0 Å². The first-order chi connectivity index (χ1) is 9.65. The highest BCUT2D eigenvalue weighted by Crippen LogP contribution is 2.23. The van der Waals surface area contributed by atoms with Gasteiger partial charge in [0.2, 0.25) is 0 Å². The lowest BCUT2D eigenvalue weighted by atomic mass is 10.2. The Morgan fingerprint density at radius 3 is 2.60 bits per heavy atom. The van der Waals surface area contributed by atoms with Gasteiger partial charge in [-0.25, -0.2) is 4.68 Å². The van der Waals surface area contributed by atoms with Crippen LogP contribution in [-0.2, 0) is 0 Å². The molecule has 1 aliphatic rings. The molecule has 106 valence electrons. The highest BCUT2D eigenvalue weighted by atomic mass is 79.9. The summed E-state index contributed by atoms with van der Waals surface area (Å²) in [5, 5.41) is 8.14. The highest BCUT2D eigenvalue weighted by molar-refractivity contribution is 9.10. The van der Waals surface area contributed by atoms with Crippen molar-refractivity contribution < 1.29 is 0 Å². The Labute approximate surface area is 127 Å². The van der Waals surface area contributed by atoms with E-state index in [0.717, 1.165) is 47.9 Å². The average molecular weight is 335 g/mol. The van der Waals surface area contributed by atoms with E-state index in [1.54, 1.807) is 0 Å². The minimum Gasteiger partial charge on any atom is -0.353 e. The number of nitrogens with zero attached hydrogens (tertiary/aromatic N) is 3. The molecule has 2 aromatic rings. The minimum atomic E-state index is 1.02. The van der Waals surface area contributed by atoms with Crippen molar-refractivity contribution >= 4 is 21.7 Å². The predicted molar refractivity (Wildman–Crippen MR) is 85.8 cm³/mol. The molecule has 5 heteroatoms. The third-order valence-corrected chi connectivity index (χ3v) is 4.57. The molecule has 2 heterocycles. The molecule has 4 nitrogen and oxygen atoms in total. The highest BCUT2D eigenvalue weighted by Gasteiger charge is 2.15. The number of hydrogen-bond donors (Lipinski definition) is 1. The number of anilines is 1. The summed E-state index contributed by atoms with van der Waals surface area (Å²) in [6.07, 6.45) is 0. The summed E-state index contributed by atoms with van der Waals surface area (Å²) in [5.41, 5.74) is 3.50. The Hall–Kier alpha value is -1.33. The van der Waals surface area contributed by atoms with Crippen LogP contribution < -0.4 is 10.2 Å². The van der Waals surface area contributed by atoms with Gasteiger partial charge in [-0.1, -0.05) is 22.0 Å². The van der Waals surface area contributed by atoms with Crippen LogP contribution in [0.3, 0.4) is 0 Å². The molecular weight excluding hydrogens is 316 g/mol. The first-order valence-corrected chi connectivity index (χ1v) is 7.73. The number of hydrogen-bond acceptors (Lipinski definition) is 3. The second kappa shape index (κ2) is 5.58. The van der Waals surface area contributed by atoms with Crippen molar-refractivity contribution in [1.29, 1.82) is 0 Å². The number of nitrogens with one attached hydrogen (secondary N) is 1. The van der Waals surface area contributed by atoms with Gasteiger partial charge in [-0.2, -0.15) is 5.10 Å². The quantitative estimate of drug-likeness (QED) is 0.916. The zero-order valence-corrected chi connectivity index (χ0v) is 13.4. The van der Waals surface area contributed by atoms with Gasteiger partial charge in [-0.3, -0.25) is 0 Å². The summed E-state index contributed by atoms with van der Waals surface area (Å²) in [6.45, 7) is 8.30. The monoisotopic (exact) mass is 334 g/mol. The van der Waals surface area contributed by atoms with Crippen LogP contribution in [0.1, 0.15) is 11.3 Å². The lowest BCUT2D eigenvalue weighted by Crippen LogP contribution is -2.43. The van der Waals surface area contributed by atoms with Crippen molar-refractivity contribution in [2.45, 2.75) is 13.8 Å². The molecule has 1 N–H and O–H groups in total. The van der Waals surface area contributed by atoms with E-state index in [4.69, 9.17) is 5.10 Å². The van der Waals surface area contributed by atoms with Crippen molar-refractivity contribution in [1.82, 2.24) is 15.1 Å². The molecule has 1 aromatic carbocycles. The lowest BCUT2D eigenvalue weighted by Gasteiger charge is -2.27. The molecule has 1 aliphatic heterocycles. The number of aromatic nitrogens is 2. The van der Waals surface area contributed by atoms with Crippen LogP contribution in [-0.4, -0.2) is 36.0 Å². The fourth-order valence-corrected chi connectivity index (χ4v) is 2.85. The molecule has 0 radical (unpaired) electrons. The van der Waals surface area contributed by atoms with Gasteiger partial charge in [0.15, 0.2) is 5.82 Å². The topological polar surface area (TPSA) is 33.1 Å². The molecule has 0 spiro atoms. The normalized spacial score (nSPS) is 15.7. The van der Waals surface area contributed by atoms with E-state index in [-0.39, 0.29) is 0 Å². The van der Waals surface area contributed by atoms with Crippen LogP contribution in [0, 0.1) is 13.8 Å². The van der Waals surface area contributed by atoms with Crippen LogP contribution in [0.2, 0.25) is 0 Å². The second-order valence-electron chi connectivity index (χ2n) is 5.23. The molecule has 1 aromatic heterocycles. The first-order valence-electron chi connectivity index (χ1n) is 6.94. The molecule has 1 saturated heterocycles. The van der Waals surface area contributed by atoms with Crippen LogP contribution in [0.4, 0.5) is 5.82 Å². The maximum absolute atomic E-state index is 4.77. The summed E-state index contributed by atoms with van der Waals surface area (Å²) < 4.78 is 3.13. The van der Waals surface area contributed by atoms with E-state index < -0.39 is 0 Å². The zero-order valence-electron chi connectivity index (χ0n) is 11.9. The molecule has 1 fully saturated rings. The Bertz CT molecular complexity index is 614. The molecule has 20 heavy (non-hydrogen) atoms. The van der Waals surface area contributed by atoms with Gasteiger partial charge in [-0.05, 0) is 31.5 Å². The largest absolute Gasteiger partial charge is 0.353 e. The standard InChI is InChI=1S/C15H19BrN4/c1-11-3-4-13(10-14(11)16)20-12(2)9-15(18-20)19-7-5-17-6-8-19/h3-4,9-10,17H,5-8H2,1-2H3. The van der Waals surface area contributed by atoms with Gasteiger partial charge in [0.25, 0.3) is 0 Å². The van der Waals surface area contributed by atoms with E-state index in [2.05, 4.69) is 64.3 Å². The van der Waals surface area contributed by atoms with Crippen LogP contribution in [0.25, 0.3) is 5.69 Å². The van der Waals surface area contributed by atoms with E-state index in [9.17, 15) is 0 Å². The molecule has 0 amide bonds. The molecule has 0 bridgehead atoms. The molecule has 3 rings (SSSR count). The van der Waals surface area contributed by atoms with Gasteiger partial charge < -0.3 is 10.2 Å².